The van der Waals surface area contributed by atoms with Gasteiger partial charge in [-0.05, 0) is 55.7 Å². The van der Waals surface area contributed by atoms with E-state index in [-0.39, 0.29) is 23.3 Å². The fraction of sp³-hybridized carbons (Fsp3) is 0.318. The van der Waals surface area contributed by atoms with Crippen molar-refractivity contribution in [3.05, 3.63) is 81.7 Å². The lowest BCUT2D eigenvalue weighted by Crippen LogP contribution is -2.30. The van der Waals surface area contributed by atoms with E-state index in [1.54, 1.807) is 35.2 Å². The van der Waals surface area contributed by atoms with Crippen molar-refractivity contribution in [2.75, 3.05) is 0 Å². The van der Waals surface area contributed by atoms with Gasteiger partial charge >= 0.3 is 0 Å². The second-order valence-electron chi connectivity index (χ2n) is 7.58. The molecule has 2 heterocycles. The molecular formula is C22H23N5O3. The summed E-state index contributed by atoms with van der Waals surface area (Å²) in [5.74, 6) is -0.259. The molecule has 0 spiro atoms. The number of hydrogen-bond acceptors (Lipinski definition) is 5. The number of pyridine rings is 1. The van der Waals surface area contributed by atoms with Gasteiger partial charge < -0.3 is 0 Å². The first kappa shape index (κ1) is 19.8. The van der Waals surface area contributed by atoms with Crippen molar-refractivity contribution >= 4 is 11.6 Å². The molecule has 3 aromatic rings. The van der Waals surface area contributed by atoms with Gasteiger partial charge in [-0.2, -0.15) is 5.10 Å². The van der Waals surface area contributed by atoms with E-state index in [9.17, 15) is 14.9 Å². The van der Waals surface area contributed by atoms with Crippen LogP contribution in [0.25, 0.3) is 5.69 Å². The largest absolute Gasteiger partial charge is 0.284 e. The number of nitrogens with zero attached hydrogens (tertiary/aromatic N) is 5. The van der Waals surface area contributed by atoms with Crippen molar-refractivity contribution in [1.29, 1.82) is 0 Å². The van der Waals surface area contributed by atoms with Crippen LogP contribution in [-0.4, -0.2) is 31.2 Å². The Labute approximate surface area is 173 Å². The molecule has 2 aromatic heterocycles. The average molecular weight is 405 g/mol. The van der Waals surface area contributed by atoms with E-state index in [0.717, 1.165) is 18.4 Å². The first-order valence-electron chi connectivity index (χ1n) is 10.1. The van der Waals surface area contributed by atoms with Crippen LogP contribution in [0, 0.1) is 17.0 Å². The number of nitro groups is 1. The lowest BCUT2D eigenvalue weighted by atomic mass is 9.96. The summed E-state index contributed by atoms with van der Waals surface area (Å²) in [4.78, 5) is 28.4. The predicted molar refractivity (Wildman–Crippen MR) is 112 cm³/mol. The Morgan fingerprint density at radius 3 is 2.53 bits per heavy atom. The van der Waals surface area contributed by atoms with Crippen molar-refractivity contribution in [2.24, 2.45) is 4.99 Å². The van der Waals surface area contributed by atoms with E-state index in [2.05, 4.69) is 5.10 Å². The lowest BCUT2D eigenvalue weighted by Gasteiger charge is -2.17. The minimum Gasteiger partial charge on any atom is -0.266 e. The third kappa shape index (κ3) is 4.22. The van der Waals surface area contributed by atoms with Crippen LogP contribution >= 0.6 is 0 Å². The summed E-state index contributed by atoms with van der Waals surface area (Å²) in [6.45, 7) is 1.98. The van der Waals surface area contributed by atoms with Crippen LogP contribution in [0.1, 0.15) is 48.2 Å². The summed E-state index contributed by atoms with van der Waals surface area (Å²) in [5.41, 5.74) is 2.62. The van der Waals surface area contributed by atoms with Crippen LogP contribution in [0.2, 0.25) is 0 Å². The van der Waals surface area contributed by atoms with Crippen molar-refractivity contribution in [3.63, 3.8) is 0 Å². The molecule has 0 saturated heterocycles. The molecule has 1 aromatic carbocycles. The number of rotatable bonds is 4. The van der Waals surface area contributed by atoms with Crippen LogP contribution in [0.3, 0.4) is 0 Å². The Balaban J connectivity index is 1.64. The van der Waals surface area contributed by atoms with Gasteiger partial charge in [-0.25, -0.2) is 4.68 Å². The smallest absolute Gasteiger partial charge is 0.266 e. The number of aryl methyl sites for hydroxylation is 1. The maximum Gasteiger partial charge on any atom is 0.284 e. The maximum absolute atomic E-state index is 13.1. The summed E-state index contributed by atoms with van der Waals surface area (Å²) in [5, 5.41) is 15.2. The fourth-order valence-electron chi connectivity index (χ4n) is 3.69. The number of non-ortho nitro benzene ring substituents is 1. The van der Waals surface area contributed by atoms with Crippen LogP contribution in [0.4, 0.5) is 5.69 Å². The second-order valence-corrected chi connectivity index (χ2v) is 7.58. The van der Waals surface area contributed by atoms with Crippen molar-refractivity contribution in [2.45, 2.75) is 45.1 Å². The Morgan fingerprint density at radius 1 is 1.10 bits per heavy atom. The number of benzene rings is 1. The Bertz CT molecular complexity index is 1140. The third-order valence-corrected chi connectivity index (χ3v) is 5.33. The number of carbonyl (C=O) groups excluding carboxylic acids is 1. The molecule has 1 aliphatic carbocycles. The zero-order chi connectivity index (χ0) is 21.1. The van der Waals surface area contributed by atoms with Crippen molar-refractivity contribution < 1.29 is 9.72 Å². The van der Waals surface area contributed by atoms with Crippen molar-refractivity contribution in [1.82, 2.24) is 14.3 Å². The number of hydrogen-bond donors (Lipinski definition) is 0. The van der Waals surface area contributed by atoms with Crippen molar-refractivity contribution in [3.8, 4) is 5.69 Å². The number of aromatic nitrogens is 3. The normalized spacial score (nSPS) is 15.3. The molecule has 1 aliphatic rings. The minimum absolute atomic E-state index is 0.00591. The van der Waals surface area contributed by atoms with Gasteiger partial charge in [0.15, 0.2) is 5.69 Å². The number of carbonyl (C=O) groups is 1. The van der Waals surface area contributed by atoms with Gasteiger partial charge in [-0.15, -0.1) is 0 Å². The van der Waals surface area contributed by atoms with Crippen LogP contribution in [0.15, 0.2) is 59.9 Å². The SMILES string of the molecule is Cc1ccn(C(=O)c2ccn(-c3ccc([N+](=O)[O-])cc3)n2)c(=NC2CCCCC2)c1. The Morgan fingerprint density at radius 2 is 1.83 bits per heavy atom. The molecule has 0 N–H and O–H groups in total. The van der Waals surface area contributed by atoms with Gasteiger partial charge in [0.25, 0.3) is 11.6 Å². The third-order valence-electron chi connectivity index (χ3n) is 5.33. The van der Waals surface area contributed by atoms with Gasteiger partial charge in [0.1, 0.15) is 5.49 Å². The molecule has 4 rings (SSSR count). The van der Waals surface area contributed by atoms with E-state index in [1.165, 1.54) is 36.1 Å². The molecular weight excluding hydrogens is 382 g/mol. The maximum atomic E-state index is 13.1. The highest BCUT2D eigenvalue weighted by Gasteiger charge is 2.16. The highest BCUT2D eigenvalue weighted by molar-refractivity contribution is 5.93. The Hall–Kier alpha value is -3.55. The topological polar surface area (TPSA) is 95.3 Å². The standard InChI is InChI=1S/C22H23N5O3/c1-16-11-13-25(21(15-16)23-17-5-3-2-4-6-17)22(28)20-12-14-26(24-20)18-7-9-19(10-8-18)27(29)30/h7-15,17H,2-6H2,1H3. The molecule has 0 unspecified atom stereocenters. The summed E-state index contributed by atoms with van der Waals surface area (Å²) < 4.78 is 3.08. The molecule has 154 valence electrons. The van der Waals surface area contributed by atoms with Gasteiger partial charge in [-0.3, -0.25) is 24.5 Å². The van der Waals surface area contributed by atoms with E-state index in [0.29, 0.717) is 11.2 Å². The monoisotopic (exact) mass is 405 g/mol. The predicted octanol–water partition coefficient (Wildman–Crippen LogP) is 3.81. The highest BCUT2D eigenvalue weighted by Crippen LogP contribution is 2.20. The summed E-state index contributed by atoms with van der Waals surface area (Å²) in [6.07, 6.45) is 9.11. The zero-order valence-electron chi connectivity index (χ0n) is 16.8. The van der Waals surface area contributed by atoms with Gasteiger partial charge in [0, 0.05) is 24.5 Å². The van der Waals surface area contributed by atoms with Crippen LogP contribution in [0.5, 0.6) is 0 Å². The fourth-order valence-corrected chi connectivity index (χ4v) is 3.69. The van der Waals surface area contributed by atoms with E-state index >= 15 is 0 Å². The molecule has 0 aliphatic heterocycles. The molecule has 1 saturated carbocycles. The molecule has 8 heteroatoms. The second kappa shape index (κ2) is 8.44. The average Bonchev–Trinajstić information content (AvgIpc) is 3.24. The Kier molecular flexibility index (Phi) is 5.56. The minimum atomic E-state index is -0.451. The molecule has 0 atom stereocenters. The molecule has 0 amide bonds. The first-order valence-corrected chi connectivity index (χ1v) is 10.1. The summed E-state index contributed by atoms with van der Waals surface area (Å²) >= 11 is 0. The number of nitro benzene ring substituents is 1. The van der Waals surface area contributed by atoms with E-state index in [4.69, 9.17) is 4.99 Å². The van der Waals surface area contributed by atoms with E-state index in [1.807, 2.05) is 19.1 Å². The first-order chi connectivity index (χ1) is 14.5. The lowest BCUT2D eigenvalue weighted by molar-refractivity contribution is -0.384. The zero-order valence-corrected chi connectivity index (χ0v) is 16.8. The highest BCUT2D eigenvalue weighted by atomic mass is 16.6. The molecule has 0 bridgehead atoms. The summed E-state index contributed by atoms with van der Waals surface area (Å²) in [7, 11) is 0. The van der Waals surface area contributed by atoms with Crippen LogP contribution < -0.4 is 5.49 Å². The van der Waals surface area contributed by atoms with Gasteiger partial charge in [0.2, 0.25) is 0 Å². The van der Waals surface area contributed by atoms with E-state index < -0.39 is 4.92 Å². The molecule has 30 heavy (non-hydrogen) atoms. The quantitative estimate of drug-likeness (QED) is 0.487. The molecule has 0 radical (unpaired) electrons. The molecule has 8 nitrogen and oxygen atoms in total. The van der Waals surface area contributed by atoms with Gasteiger partial charge in [0.05, 0.1) is 16.7 Å². The summed E-state index contributed by atoms with van der Waals surface area (Å²) in [6, 6.07) is 11.7. The van der Waals surface area contributed by atoms with Gasteiger partial charge in [-0.1, -0.05) is 19.3 Å². The van der Waals surface area contributed by atoms with Crippen LogP contribution in [-0.2, 0) is 0 Å². The molecule has 1 fully saturated rings.